The fourth-order valence-electron chi connectivity index (χ4n) is 1.31. The fourth-order valence-corrected chi connectivity index (χ4v) is 1.31. The molecule has 2 heterocycles. The summed E-state index contributed by atoms with van der Waals surface area (Å²) in [7, 11) is 0. The number of ketones is 1. The van der Waals surface area contributed by atoms with Crippen LogP contribution in [0.15, 0.2) is 10.8 Å². The lowest BCUT2D eigenvalue weighted by atomic mass is 9.98. The van der Waals surface area contributed by atoms with Crippen molar-refractivity contribution in [1.29, 1.82) is 0 Å². The highest BCUT2D eigenvalue weighted by molar-refractivity contribution is 5.86. The van der Waals surface area contributed by atoms with Gasteiger partial charge in [-0.05, 0) is 13.8 Å². The van der Waals surface area contributed by atoms with Gasteiger partial charge in [-0.1, -0.05) is 5.16 Å². The van der Waals surface area contributed by atoms with E-state index in [0.717, 1.165) is 5.56 Å². The third-order valence-electron chi connectivity index (χ3n) is 2.28. The van der Waals surface area contributed by atoms with E-state index >= 15 is 0 Å². The predicted molar refractivity (Wildman–Crippen MR) is 39.3 cm³/mol. The van der Waals surface area contributed by atoms with Crippen LogP contribution in [0, 0.1) is 0 Å². The Kier molecular flexibility index (Phi) is 1.35. The lowest BCUT2D eigenvalue weighted by Gasteiger charge is -2.17. The lowest BCUT2D eigenvalue weighted by Crippen LogP contribution is -2.30. The van der Waals surface area contributed by atoms with Crippen molar-refractivity contribution in [2.75, 3.05) is 0 Å². The zero-order valence-corrected chi connectivity index (χ0v) is 6.96. The van der Waals surface area contributed by atoms with Crippen molar-refractivity contribution in [1.82, 2.24) is 5.16 Å². The SMILES string of the molecule is CC(=O)C1(C)OCc2conc21. The molecule has 0 aliphatic carbocycles. The molecule has 1 aliphatic rings. The molecule has 0 fully saturated rings. The first-order valence-electron chi connectivity index (χ1n) is 3.73. The van der Waals surface area contributed by atoms with Gasteiger partial charge in [0.25, 0.3) is 0 Å². The van der Waals surface area contributed by atoms with Gasteiger partial charge in [-0.15, -0.1) is 0 Å². The van der Waals surface area contributed by atoms with E-state index in [1.165, 1.54) is 13.2 Å². The normalized spacial score (nSPS) is 27.2. The molecule has 0 amide bonds. The number of hydrogen-bond donors (Lipinski definition) is 0. The van der Waals surface area contributed by atoms with Gasteiger partial charge in [-0.25, -0.2) is 0 Å². The molecule has 1 aromatic heterocycles. The maximum Gasteiger partial charge on any atom is 0.169 e. The number of aromatic nitrogens is 1. The Balaban J connectivity index is 2.51. The Labute approximate surface area is 69.5 Å². The fraction of sp³-hybridized carbons (Fsp3) is 0.500. The van der Waals surface area contributed by atoms with E-state index in [1.54, 1.807) is 6.92 Å². The monoisotopic (exact) mass is 167 g/mol. The molecule has 0 saturated carbocycles. The van der Waals surface area contributed by atoms with Crippen LogP contribution in [0.3, 0.4) is 0 Å². The van der Waals surface area contributed by atoms with Crippen LogP contribution >= 0.6 is 0 Å². The standard InChI is InChI=1S/C8H9NO3/c1-5(10)8(2)7-6(3-11-8)4-12-9-7/h4H,3H2,1-2H3. The molecule has 64 valence electrons. The molecule has 1 atom stereocenters. The van der Waals surface area contributed by atoms with Crippen LogP contribution in [0.2, 0.25) is 0 Å². The van der Waals surface area contributed by atoms with Crippen LogP contribution in [-0.4, -0.2) is 10.9 Å². The van der Waals surface area contributed by atoms with E-state index in [1.807, 2.05) is 0 Å². The number of carbonyl (C=O) groups is 1. The van der Waals surface area contributed by atoms with Crippen molar-refractivity contribution in [3.05, 3.63) is 17.5 Å². The summed E-state index contributed by atoms with van der Waals surface area (Å²) in [5, 5.41) is 3.75. The highest BCUT2D eigenvalue weighted by Gasteiger charge is 2.43. The van der Waals surface area contributed by atoms with Crippen LogP contribution in [-0.2, 0) is 21.7 Å². The van der Waals surface area contributed by atoms with E-state index in [0.29, 0.717) is 12.3 Å². The van der Waals surface area contributed by atoms with E-state index in [-0.39, 0.29) is 5.78 Å². The molecule has 0 saturated heterocycles. The first-order chi connectivity index (χ1) is 5.64. The largest absolute Gasteiger partial charge is 0.364 e. The minimum Gasteiger partial charge on any atom is -0.364 e. The number of fused-ring (bicyclic) bond motifs is 1. The summed E-state index contributed by atoms with van der Waals surface area (Å²) in [6, 6.07) is 0. The smallest absolute Gasteiger partial charge is 0.169 e. The van der Waals surface area contributed by atoms with Crippen LogP contribution in [0.25, 0.3) is 0 Å². The summed E-state index contributed by atoms with van der Waals surface area (Å²) in [6.07, 6.45) is 1.52. The number of Topliss-reactive ketones (excluding diaryl/α,β-unsaturated/α-hetero) is 1. The summed E-state index contributed by atoms with van der Waals surface area (Å²) in [5.74, 6) is -0.0462. The topological polar surface area (TPSA) is 52.3 Å². The molecule has 0 aromatic carbocycles. The van der Waals surface area contributed by atoms with Crippen molar-refractivity contribution < 1.29 is 14.1 Å². The first-order valence-corrected chi connectivity index (χ1v) is 3.73. The average Bonchev–Trinajstić information content (AvgIpc) is 2.54. The molecule has 0 bridgehead atoms. The van der Waals surface area contributed by atoms with Crippen LogP contribution in [0.1, 0.15) is 25.1 Å². The molecule has 4 heteroatoms. The molecular formula is C8H9NO3. The zero-order chi connectivity index (χ0) is 8.77. The van der Waals surface area contributed by atoms with Gasteiger partial charge in [0.2, 0.25) is 0 Å². The van der Waals surface area contributed by atoms with Crippen molar-refractivity contribution >= 4 is 5.78 Å². The first kappa shape index (κ1) is 7.49. The molecule has 0 radical (unpaired) electrons. The number of nitrogens with zero attached hydrogens (tertiary/aromatic N) is 1. The number of hydrogen-bond acceptors (Lipinski definition) is 4. The Bertz CT molecular complexity index is 331. The molecule has 4 nitrogen and oxygen atoms in total. The van der Waals surface area contributed by atoms with Crippen LogP contribution in [0.4, 0.5) is 0 Å². The third-order valence-corrected chi connectivity index (χ3v) is 2.28. The van der Waals surface area contributed by atoms with Gasteiger partial charge in [-0.3, -0.25) is 4.79 Å². The highest BCUT2D eigenvalue weighted by atomic mass is 16.5. The van der Waals surface area contributed by atoms with Crippen LogP contribution < -0.4 is 0 Å². The summed E-state index contributed by atoms with van der Waals surface area (Å²) in [4.78, 5) is 11.2. The summed E-state index contributed by atoms with van der Waals surface area (Å²) in [6.45, 7) is 3.61. The Morgan fingerprint density at radius 3 is 3.17 bits per heavy atom. The second kappa shape index (κ2) is 2.17. The second-order valence-electron chi connectivity index (χ2n) is 3.07. The lowest BCUT2D eigenvalue weighted by molar-refractivity contribution is -0.140. The van der Waals surface area contributed by atoms with Crippen molar-refractivity contribution in [2.45, 2.75) is 26.1 Å². The number of carbonyl (C=O) groups excluding carboxylic acids is 1. The molecule has 0 spiro atoms. The van der Waals surface area contributed by atoms with Crippen LogP contribution in [0.5, 0.6) is 0 Å². The van der Waals surface area contributed by atoms with Crippen molar-refractivity contribution in [3.63, 3.8) is 0 Å². The van der Waals surface area contributed by atoms with Gasteiger partial charge in [0.1, 0.15) is 12.0 Å². The summed E-state index contributed by atoms with van der Waals surface area (Å²) in [5.41, 5.74) is 0.602. The molecule has 2 rings (SSSR count). The molecule has 0 N–H and O–H groups in total. The zero-order valence-electron chi connectivity index (χ0n) is 6.96. The quantitative estimate of drug-likeness (QED) is 0.626. The van der Waals surface area contributed by atoms with Gasteiger partial charge >= 0.3 is 0 Å². The van der Waals surface area contributed by atoms with Gasteiger partial charge < -0.3 is 9.26 Å². The molecule has 12 heavy (non-hydrogen) atoms. The predicted octanol–water partition coefficient (Wildman–Crippen LogP) is 1.01. The maximum atomic E-state index is 11.2. The van der Waals surface area contributed by atoms with E-state index in [9.17, 15) is 4.79 Å². The van der Waals surface area contributed by atoms with E-state index in [2.05, 4.69) is 5.16 Å². The molecule has 1 aliphatic heterocycles. The highest BCUT2D eigenvalue weighted by Crippen LogP contribution is 2.35. The van der Waals surface area contributed by atoms with Gasteiger partial charge in [0.05, 0.1) is 6.61 Å². The minimum absolute atomic E-state index is 0.0462. The van der Waals surface area contributed by atoms with Gasteiger partial charge in [0, 0.05) is 5.56 Å². The molecule has 1 unspecified atom stereocenters. The van der Waals surface area contributed by atoms with Crippen molar-refractivity contribution in [2.24, 2.45) is 0 Å². The van der Waals surface area contributed by atoms with Gasteiger partial charge in [0.15, 0.2) is 11.4 Å². The summed E-state index contributed by atoms with van der Waals surface area (Å²) >= 11 is 0. The minimum atomic E-state index is -0.887. The average molecular weight is 167 g/mol. The van der Waals surface area contributed by atoms with Crippen molar-refractivity contribution in [3.8, 4) is 0 Å². The van der Waals surface area contributed by atoms with Gasteiger partial charge in [-0.2, -0.15) is 0 Å². The van der Waals surface area contributed by atoms with E-state index in [4.69, 9.17) is 9.26 Å². The number of ether oxygens (including phenoxy) is 1. The molecular weight excluding hydrogens is 158 g/mol. The number of rotatable bonds is 1. The Hall–Kier alpha value is -1.16. The third kappa shape index (κ3) is 0.754. The Morgan fingerprint density at radius 1 is 1.75 bits per heavy atom. The van der Waals surface area contributed by atoms with E-state index < -0.39 is 5.60 Å². The summed E-state index contributed by atoms with van der Waals surface area (Å²) < 4.78 is 10.1. The second-order valence-corrected chi connectivity index (χ2v) is 3.07. The Morgan fingerprint density at radius 2 is 2.50 bits per heavy atom. The maximum absolute atomic E-state index is 11.2. The molecule has 1 aromatic rings.